The lowest BCUT2D eigenvalue weighted by molar-refractivity contribution is -0.274. The van der Waals surface area contributed by atoms with Crippen LogP contribution in [0.5, 0.6) is 5.75 Å². The van der Waals surface area contributed by atoms with E-state index in [9.17, 15) is 13.2 Å². The fourth-order valence-corrected chi connectivity index (χ4v) is 2.89. The smallest absolute Gasteiger partial charge is 0.406 e. The van der Waals surface area contributed by atoms with E-state index >= 15 is 0 Å². The molecule has 2 rings (SSSR count). The average molecular weight is 302 g/mol. The Bertz CT molecular complexity index is 464. The molecule has 1 fully saturated rings. The minimum absolute atomic E-state index is 0.166. The zero-order valence-electron chi connectivity index (χ0n) is 12.3. The van der Waals surface area contributed by atoms with Gasteiger partial charge in [0.15, 0.2) is 0 Å². The van der Waals surface area contributed by atoms with Crippen molar-refractivity contribution in [3.8, 4) is 5.75 Å². The highest BCUT2D eigenvalue weighted by molar-refractivity contribution is 5.52. The molecule has 0 bridgehead atoms. The molecule has 1 aliphatic rings. The topological polar surface area (TPSA) is 24.5 Å². The maximum Gasteiger partial charge on any atom is 0.573 e. The quantitative estimate of drug-likeness (QED) is 0.920. The highest BCUT2D eigenvalue weighted by atomic mass is 19.4. The van der Waals surface area contributed by atoms with Crippen LogP contribution < -0.4 is 15.0 Å². The first kappa shape index (κ1) is 15.9. The van der Waals surface area contributed by atoms with Gasteiger partial charge in [0.1, 0.15) is 5.75 Å². The number of nitrogens with zero attached hydrogens (tertiary/aromatic N) is 1. The summed E-state index contributed by atoms with van der Waals surface area (Å²) in [6.45, 7) is 5.94. The highest BCUT2D eigenvalue weighted by Gasteiger charge is 2.31. The number of halogens is 3. The summed E-state index contributed by atoms with van der Waals surface area (Å²) in [7, 11) is 0. The van der Waals surface area contributed by atoms with Crippen LogP contribution in [-0.2, 0) is 0 Å². The molecule has 21 heavy (non-hydrogen) atoms. The number of alkyl halides is 3. The van der Waals surface area contributed by atoms with Crippen LogP contribution in [0.15, 0.2) is 24.3 Å². The van der Waals surface area contributed by atoms with Gasteiger partial charge in [-0.15, -0.1) is 13.2 Å². The number of anilines is 1. The molecular weight excluding hydrogens is 281 g/mol. The Kier molecular flexibility index (Phi) is 4.98. The van der Waals surface area contributed by atoms with Crippen LogP contribution in [0.4, 0.5) is 18.9 Å². The summed E-state index contributed by atoms with van der Waals surface area (Å²) in [6, 6.07) is 6.97. The van der Waals surface area contributed by atoms with E-state index in [1.807, 2.05) is 6.07 Å². The molecule has 1 saturated heterocycles. The molecule has 0 radical (unpaired) electrons. The molecule has 1 heterocycles. The van der Waals surface area contributed by atoms with Crippen molar-refractivity contribution in [3.05, 3.63) is 24.3 Å². The summed E-state index contributed by atoms with van der Waals surface area (Å²) in [6.07, 6.45) is -2.68. The van der Waals surface area contributed by atoms with Crippen molar-refractivity contribution >= 4 is 5.69 Å². The Labute approximate surface area is 123 Å². The van der Waals surface area contributed by atoms with Crippen LogP contribution in [-0.4, -0.2) is 31.5 Å². The second-order valence-electron chi connectivity index (χ2n) is 5.37. The Hall–Kier alpha value is -1.43. The Morgan fingerprint density at radius 2 is 2.14 bits per heavy atom. The predicted molar refractivity (Wildman–Crippen MR) is 76.6 cm³/mol. The molecule has 0 spiro atoms. The lowest BCUT2D eigenvalue weighted by Crippen LogP contribution is -2.47. The normalized spacial score (nSPS) is 23.2. The summed E-state index contributed by atoms with van der Waals surface area (Å²) in [5.74, 6) is -0.166. The van der Waals surface area contributed by atoms with Gasteiger partial charge in [0, 0.05) is 30.4 Å². The SMILES string of the molecule is CCNC1CCN(c2cccc(OC(F)(F)F)c2)C(C)C1. The molecular formula is C15H21F3N2O. The van der Waals surface area contributed by atoms with Gasteiger partial charge < -0.3 is 15.0 Å². The largest absolute Gasteiger partial charge is 0.573 e. The van der Waals surface area contributed by atoms with Gasteiger partial charge in [-0.05, 0) is 38.4 Å². The second kappa shape index (κ2) is 6.56. The molecule has 1 aromatic carbocycles. The maximum absolute atomic E-state index is 12.3. The summed E-state index contributed by atoms with van der Waals surface area (Å²) < 4.78 is 40.8. The van der Waals surface area contributed by atoms with Crippen LogP contribution in [0, 0.1) is 0 Å². The van der Waals surface area contributed by atoms with Crippen molar-refractivity contribution in [1.82, 2.24) is 5.32 Å². The Balaban J connectivity index is 2.06. The minimum atomic E-state index is -4.65. The monoisotopic (exact) mass is 302 g/mol. The molecule has 0 aromatic heterocycles. The molecule has 1 aromatic rings. The number of hydrogen-bond acceptors (Lipinski definition) is 3. The van der Waals surface area contributed by atoms with E-state index in [0.717, 1.165) is 31.6 Å². The fraction of sp³-hybridized carbons (Fsp3) is 0.600. The molecule has 2 unspecified atom stereocenters. The Morgan fingerprint density at radius 3 is 2.76 bits per heavy atom. The molecule has 0 amide bonds. The lowest BCUT2D eigenvalue weighted by atomic mass is 9.97. The third kappa shape index (κ3) is 4.52. The minimum Gasteiger partial charge on any atom is -0.406 e. The first-order valence-electron chi connectivity index (χ1n) is 7.25. The van der Waals surface area contributed by atoms with Crippen LogP contribution in [0.1, 0.15) is 26.7 Å². The molecule has 3 nitrogen and oxygen atoms in total. The summed E-state index contributed by atoms with van der Waals surface area (Å²) in [5, 5.41) is 3.43. The third-order valence-corrected chi connectivity index (χ3v) is 3.75. The molecule has 6 heteroatoms. The van der Waals surface area contributed by atoms with Gasteiger partial charge in [0.25, 0.3) is 0 Å². The molecule has 1 aliphatic heterocycles. The molecule has 2 atom stereocenters. The van der Waals surface area contributed by atoms with Crippen LogP contribution in [0.25, 0.3) is 0 Å². The van der Waals surface area contributed by atoms with E-state index in [4.69, 9.17) is 0 Å². The summed E-state index contributed by atoms with van der Waals surface area (Å²) >= 11 is 0. The van der Waals surface area contributed by atoms with Gasteiger partial charge in [0.05, 0.1) is 0 Å². The molecule has 0 aliphatic carbocycles. The van der Waals surface area contributed by atoms with E-state index in [0.29, 0.717) is 6.04 Å². The number of piperidine rings is 1. The van der Waals surface area contributed by atoms with Crippen molar-refractivity contribution in [2.24, 2.45) is 0 Å². The number of hydrogen-bond donors (Lipinski definition) is 1. The van der Waals surface area contributed by atoms with Crippen molar-refractivity contribution < 1.29 is 17.9 Å². The van der Waals surface area contributed by atoms with Crippen molar-refractivity contribution in [1.29, 1.82) is 0 Å². The predicted octanol–water partition coefficient (Wildman–Crippen LogP) is 3.55. The molecule has 118 valence electrons. The van der Waals surface area contributed by atoms with Crippen LogP contribution >= 0.6 is 0 Å². The van der Waals surface area contributed by atoms with E-state index in [1.165, 1.54) is 12.1 Å². The highest BCUT2D eigenvalue weighted by Crippen LogP contribution is 2.30. The number of ether oxygens (including phenoxy) is 1. The lowest BCUT2D eigenvalue weighted by Gasteiger charge is -2.39. The first-order chi connectivity index (χ1) is 9.89. The van der Waals surface area contributed by atoms with E-state index in [-0.39, 0.29) is 11.8 Å². The van der Waals surface area contributed by atoms with Crippen LogP contribution in [0.2, 0.25) is 0 Å². The summed E-state index contributed by atoms with van der Waals surface area (Å²) in [4.78, 5) is 2.14. The molecule has 0 saturated carbocycles. The van der Waals surface area contributed by atoms with E-state index in [1.54, 1.807) is 6.07 Å². The number of rotatable bonds is 4. The van der Waals surface area contributed by atoms with Crippen molar-refractivity contribution in [2.45, 2.75) is 45.1 Å². The van der Waals surface area contributed by atoms with Gasteiger partial charge in [0.2, 0.25) is 0 Å². The first-order valence-corrected chi connectivity index (χ1v) is 7.25. The number of nitrogens with one attached hydrogen (secondary N) is 1. The standard InChI is InChI=1S/C15H21F3N2O/c1-3-19-12-7-8-20(11(2)9-12)13-5-4-6-14(10-13)21-15(16,17)18/h4-6,10-12,19H,3,7-9H2,1-2H3. The second-order valence-corrected chi connectivity index (χ2v) is 5.37. The van der Waals surface area contributed by atoms with Gasteiger partial charge in [-0.3, -0.25) is 0 Å². The van der Waals surface area contributed by atoms with Gasteiger partial charge in [-0.1, -0.05) is 13.0 Å². The zero-order chi connectivity index (χ0) is 15.5. The van der Waals surface area contributed by atoms with Gasteiger partial charge in [-0.25, -0.2) is 0 Å². The van der Waals surface area contributed by atoms with Crippen molar-refractivity contribution in [3.63, 3.8) is 0 Å². The molecule has 1 N–H and O–H groups in total. The fourth-order valence-electron chi connectivity index (χ4n) is 2.89. The summed E-state index contributed by atoms with van der Waals surface area (Å²) in [5.41, 5.74) is 0.777. The Morgan fingerprint density at radius 1 is 1.38 bits per heavy atom. The van der Waals surface area contributed by atoms with Gasteiger partial charge in [-0.2, -0.15) is 0 Å². The zero-order valence-corrected chi connectivity index (χ0v) is 12.3. The van der Waals surface area contributed by atoms with E-state index in [2.05, 4.69) is 28.8 Å². The maximum atomic E-state index is 12.3. The van der Waals surface area contributed by atoms with Gasteiger partial charge >= 0.3 is 6.36 Å². The van der Waals surface area contributed by atoms with E-state index < -0.39 is 6.36 Å². The van der Waals surface area contributed by atoms with Crippen LogP contribution in [0.3, 0.4) is 0 Å². The number of benzene rings is 1. The average Bonchev–Trinajstić information content (AvgIpc) is 2.37. The van der Waals surface area contributed by atoms with Crippen molar-refractivity contribution in [2.75, 3.05) is 18.0 Å². The third-order valence-electron chi connectivity index (χ3n) is 3.75.